The number of amides is 4. The largest absolute Gasteiger partial charge is 0.501 e. The number of carbonyl (C=O) groups excluding carboxylic acids is 2. The minimum absolute atomic E-state index is 0.0334. The lowest BCUT2D eigenvalue weighted by atomic mass is 9.81. The van der Waals surface area contributed by atoms with E-state index in [9.17, 15) is 9.59 Å². The highest BCUT2D eigenvalue weighted by Crippen LogP contribution is 2.47. The zero-order valence-corrected chi connectivity index (χ0v) is 23.6. The molecule has 3 aliphatic heterocycles. The van der Waals surface area contributed by atoms with Gasteiger partial charge in [-0.15, -0.1) is 0 Å². The third-order valence-electron chi connectivity index (χ3n) is 8.89. The number of rotatable bonds is 4. The first-order valence-electron chi connectivity index (χ1n) is 13.5. The molecule has 1 N–H and O–H groups in total. The van der Waals surface area contributed by atoms with Gasteiger partial charge in [-0.1, -0.05) is 13.0 Å². The molecule has 1 aromatic rings. The summed E-state index contributed by atoms with van der Waals surface area (Å²) in [6, 6.07) is -0.0880. The lowest BCUT2D eigenvalue weighted by Crippen LogP contribution is -2.55. The summed E-state index contributed by atoms with van der Waals surface area (Å²) in [4.78, 5) is 32.9. The van der Waals surface area contributed by atoms with Crippen LogP contribution < -0.4 is 5.32 Å². The number of likely N-dealkylation sites (N-methyl/N-ethyl adjacent to an activating group) is 1. The van der Waals surface area contributed by atoms with E-state index in [2.05, 4.69) is 29.5 Å². The molecular formula is C28H40N6O4. The molecule has 206 valence electrons. The Hall–Kier alpha value is -3.27. The van der Waals surface area contributed by atoms with Gasteiger partial charge in [-0.3, -0.25) is 9.58 Å². The Labute approximate surface area is 224 Å². The Morgan fingerprint density at radius 1 is 1.24 bits per heavy atom. The highest BCUT2D eigenvalue weighted by molar-refractivity contribution is 5.91. The summed E-state index contributed by atoms with van der Waals surface area (Å²) in [7, 11) is 5.30. The Morgan fingerprint density at radius 3 is 2.53 bits per heavy atom. The van der Waals surface area contributed by atoms with Gasteiger partial charge >= 0.3 is 12.1 Å². The van der Waals surface area contributed by atoms with Gasteiger partial charge in [-0.25, -0.2) is 9.59 Å². The first-order valence-corrected chi connectivity index (χ1v) is 13.5. The molecule has 10 heteroatoms. The second-order valence-electron chi connectivity index (χ2n) is 10.8. The zero-order chi connectivity index (χ0) is 27.4. The number of aromatic nitrogens is 2. The molecule has 1 aliphatic carbocycles. The lowest BCUT2D eigenvalue weighted by molar-refractivity contribution is 0.103. The number of likely N-dealkylation sites (tertiary alicyclic amines) is 1. The monoisotopic (exact) mass is 524 g/mol. The summed E-state index contributed by atoms with van der Waals surface area (Å²) in [6.45, 7) is 10.3. The molecule has 10 nitrogen and oxygen atoms in total. The van der Waals surface area contributed by atoms with Gasteiger partial charge in [-0.2, -0.15) is 5.10 Å². The summed E-state index contributed by atoms with van der Waals surface area (Å²) in [5, 5.41) is 7.48. The van der Waals surface area contributed by atoms with Crippen LogP contribution in [-0.4, -0.2) is 88.6 Å². The van der Waals surface area contributed by atoms with E-state index in [0.717, 1.165) is 34.1 Å². The molecule has 0 saturated carbocycles. The van der Waals surface area contributed by atoms with E-state index in [0.29, 0.717) is 45.4 Å². The van der Waals surface area contributed by atoms with Gasteiger partial charge in [0.2, 0.25) is 0 Å². The molecule has 0 bridgehead atoms. The average Bonchev–Trinajstić information content (AvgIpc) is 3.18. The summed E-state index contributed by atoms with van der Waals surface area (Å²) in [5.41, 5.74) is 5.44. The Bertz CT molecular complexity index is 1240. The van der Waals surface area contributed by atoms with Crippen LogP contribution in [0.5, 0.6) is 0 Å². The normalized spacial score (nSPS) is 24.7. The molecule has 2 fully saturated rings. The van der Waals surface area contributed by atoms with Gasteiger partial charge in [0.1, 0.15) is 0 Å². The fourth-order valence-electron chi connectivity index (χ4n) is 6.81. The van der Waals surface area contributed by atoms with Crippen LogP contribution in [0.1, 0.15) is 44.5 Å². The number of methoxy groups -OCH3 is 2. The molecule has 4 aliphatic rings. The number of piperidine rings is 1. The summed E-state index contributed by atoms with van der Waals surface area (Å²) in [6.07, 6.45) is 6.36. The highest BCUT2D eigenvalue weighted by Gasteiger charge is 2.55. The second-order valence-corrected chi connectivity index (χ2v) is 10.8. The van der Waals surface area contributed by atoms with E-state index < -0.39 is 5.54 Å². The average molecular weight is 525 g/mol. The third kappa shape index (κ3) is 4.00. The molecule has 4 amide bonds. The van der Waals surface area contributed by atoms with E-state index in [1.54, 1.807) is 18.9 Å². The first-order chi connectivity index (χ1) is 18.1. The highest BCUT2D eigenvalue weighted by atomic mass is 16.5. The van der Waals surface area contributed by atoms with E-state index in [-0.39, 0.29) is 24.1 Å². The maximum absolute atomic E-state index is 13.8. The van der Waals surface area contributed by atoms with Crippen molar-refractivity contribution in [2.75, 3.05) is 45.7 Å². The van der Waals surface area contributed by atoms with E-state index >= 15 is 0 Å². The van der Waals surface area contributed by atoms with Crippen molar-refractivity contribution in [1.29, 1.82) is 0 Å². The van der Waals surface area contributed by atoms with Crippen LogP contribution in [0.25, 0.3) is 0 Å². The second kappa shape index (κ2) is 9.80. The Kier molecular flexibility index (Phi) is 6.79. The van der Waals surface area contributed by atoms with Crippen LogP contribution in [0.3, 0.4) is 0 Å². The number of nitrogens with zero attached hydrogens (tertiary/aromatic N) is 5. The molecule has 2 saturated heterocycles. The number of nitrogens with one attached hydrogen (secondary N) is 1. The number of aryl methyl sites for hydroxylation is 2. The number of anilines is 1. The van der Waals surface area contributed by atoms with Crippen molar-refractivity contribution in [2.45, 2.75) is 58.6 Å². The van der Waals surface area contributed by atoms with E-state index in [1.807, 2.05) is 42.5 Å². The molecule has 0 radical (unpaired) electrons. The van der Waals surface area contributed by atoms with Gasteiger partial charge in [-0.05, 0) is 50.8 Å². The van der Waals surface area contributed by atoms with Gasteiger partial charge in [0.05, 0.1) is 48.1 Å². The number of fused-ring (bicyclic) bond motifs is 2. The molecule has 2 unspecified atom stereocenters. The van der Waals surface area contributed by atoms with E-state index in [1.165, 1.54) is 5.57 Å². The van der Waals surface area contributed by atoms with Crippen molar-refractivity contribution < 1.29 is 19.1 Å². The predicted molar refractivity (Wildman–Crippen MR) is 144 cm³/mol. The lowest BCUT2D eigenvalue weighted by Gasteiger charge is -2.44. The van der Waals surface area contributed by atoms with Crippen molar-refractivity contribution in [3.05, 3.63) is 46.1 Å². The number of urea groups is 2. The fraction of sp³-hybridized carbons (Fsp3) is 0.607. The standard InChI is InChI=1S/C28H40N6O4/c1-8-34-27(36)33-16-20-14-21(37-6)15-22(38-7)24(20)17(2)13-23(33)28(34)9-11-32(12-10-28)26(35)29-25-18(3)30-31(5)19(25)4/h13-14,17,22H,8-12,15-16H2,1-7H3,(H,29,35). The number of hydrogen-bond acceptors (Lipinski definition) is 5. The first kappa shape index (κ1) is 26.3. The minimum Gasteiger partial charge on any atom is -0.501 e. The van der Waals surface area contributed by atoms with Crippen LogP contribution in [-0.2, 0) is 16.5 Å². The van der Waals surface area contributed by atoms with Crippen LogP contribution in [0.4, 0.5) is 15.3 Å². The number of carbonyl (C=O) groups is 2. The number of hydrogen-bond donors (Lipinski definition) is 1. The van der Waals surface area contributed by atoms with Crippen LogP contribution >= 0.6 is 0 Å². The maximum Gasteiger partial charge on any atom is 0.325 e. The molecule has 4 heterocycles. The molecule has 0 aromatic carbocycles. The van der Waals surface area contributed by atoms with Crippen molar-refractivity contribution in [2.24, 2.45) is 13.0 Å². The molecule has 5 rings (SSSR count). The number of allylic oxidation sites excluding steroid dienone is 1. The molecular weight excluding hydrogens is 484 g/mol. The summed E-state index contributed by atoms with van der Waals surface area (Å²) >= 11 is 0. The van der Waals surface area contributed by atoms with Crippen LogP contribution in [0.15, 0.2) is 34.8 Å². The minimum atomic E-state index is -0.429. The van der Waals surface area contributed by atoms with Gasteiger partial charge in [0, 0.05) is 51.8 Å². The quantitative estimate of drug-likeness (QED) is 0.644. The van der Waals surface area contributed by atoms with Gasteiger partial charge < -0.3 is 24.6 Å². The maximum atomic E-state index is 13.8. The van der Waals surface area contributed by atoms with Gasteiger partial charge in [0.15, 0.2) is 0 Å². The summed E-state index contributed by atoms with van der Waals surface area (Å²) < 4.78 is 13.3. The summed E-state index contributed by atoms with van der Waals surface area (Å²) in [5.74, 6) is 0.988. The Morgan fingerprint density at radius 2 is 1.95 bits per heavy atom. The Balaban J connectivity index is 1.41. The SMILES string of the molecule is CCN1C(=O)N2CC3=C(C(C)C=C2C12CCN(C(=O)Nc1c(C)nn(C)c1C)CC2)C(OC)CC(OC)=C3. The predicted octanol–water partition coefficient (Wildman–Crippen LogP) is 3.94. The van der Waals surface area contributed by atoms with Crippen molar-refractivity contribution in [3.63, 3.8) is 0 Å². The van der Waals surface area contributed by atoms with E-state index in [4.69, 9.17) is 9.47 Å². The van der Waals surface area contributed by atoms with Crippen LogP contribution in [0, 0.1) is 19.8 Å². The van der Waals surface area contributed by atoms with Crippen LogP contribution in [0.2, 0.25) is 0 Å². The molecule has 1 spiro atoms. The van der Waals surface area contributed by atoms with Gasteiger partial charge in [0.25, 0.3) is 0 Å². The third-order valence-corrected chi connectivity index (χ3v) is 8.89. The smallest absolute Gasteiger partial charge is 0.325 e. The number of ether oxygens (including phenoxy) is 2. The molecule has 38 heavy (non-hydrogen) atoms. The molecule has 1 aromatic heterocycles. The fourth-order valence-corrected chi connectivity index (χ4v) is 6.81. The van der Waals surface area contributed by atoms with Crippen molar-refractivity contribution in [3.8, 4) is 0 Å². The molecule has 2 atom stereocenters. The van der Waals surface area contributed by atoms with Crippen molar-refractivity contribution >= 4 is 17.7 Å². The topological polar surface area (TPSA) is 92.2 Å². The van der Waals surface area contributed by atoms with Crippen molar-refractivity contribution in [1.82, 2.24) is 24.5 Å². The zero-order valence-electron chi connectivity index (χ0n) is 23.6.